The van der Waals surface area contributed by atoms with Gasteiger partial charge in [0.05, 0.1) is 13.7 Å². The Bertz CT molecular complexity index is 880. The highest BCUT2D eigenvalue weighted by Gasteiger charge is 2.16. The van der Waals surface area contributed by atoms with Crippen LogP contribution >= 0.6 is 0 Å². The molecular weight excluding hydrogens is 374 g/mol. The molecular formula is C22H25NO6. The maximum absolute atomic E-state index is 12.4. The maximum atomic E-state index is 12.4. The zero-order chi connectivity index (χ0) is 20.6. The van der Waals surface area contributed by atoms with Crippen LogP contribution in [0.25, 0.3) is 0 Å². The average molecular weight is 399 g/mol. The lowest BCUT2D eigenvalue weighted by Crippen LogP contribution is -2.23. The molecule has 0 aromatic heterocycles. The van der Waals surface area contributed by atoms with Crippen molar-refractivity contribution in [2.24, 2.45) is 0 Å². The Morgan fingerprint density at radius 3 is 2.55 bits per heavy atom. The van der Waals surface area contributed by atoms with E-state index >= 15 is 0 Å². The molecule has 0 fully saturated rings. The number of methoxy groups -OCH3 is 1. The third-order valence-corrected chi connectivity index (χ3v) is 4.46. The van der Waals surface area contributed by atoms with Gasteiger partial charge in [0, 0.05) is 24.9 Å². The van der Waals surface area contributed by atoms with Crippen molar-refractivity contribution in [3.05, 3.63) is 47.5 Å². The molecule has 29 heavy (non-hydrogen) atoms. The lowest BCUT2D eigenvalue weighted by Gasteiger charge is -2.18. The van der Waals surface area contributed by atoms with E-state index in [1.165, 1.54) is 0 Å². The minimum absolute atomic E-state index is 0.111. The molecule has 0 saturated carbocycles. The van der Waals surface area contributed by atoms with Crippen LogP contribution in [0.2, 0.25) is 0 Å². The minimum Gasteiger partial charge on any atom is -0.493 e. The number of benzene rings is 2. The Morgan fingerprint density at radius 1 is 1.00 bits per heavy atom. The number of carbonyl (C=O) groups excluding carboxylic acids is 2. The van der Waals surface area contributed by atoms with Crippen molar-refractivity contribution in [3.63, 3.8) is 0 Å². The van der Waals surface area contributed by atoms with Crippen LogP contribution in [-0.4, -0.2) is 38.6 Å². The standard InChI is InChI=1S/C22H25NO6/c1-3-27-18-7-4-15(12-20(18)26-2)14-23-22(25)9-6-17(24)16-5-8-19-21(13-16)29-11-10-28-19/h4-5,7-8,12-13H,3,6,9-11,14H2,1-2H3,(H,23,25). The summed E-state index contributed by atoms with van der Waals surface area (Å²) in [7, 11) is 1.57. The molecule has 0 unspecified atom stereocenters. The van der Waals surface area contributed by atoms with E-state index in [4.69, 9.17) is 18.9 Å². The summed E-state index contributed by atoms with van der Waals surface area (Å²) in [5.41, 5.74) is 1.40. The monoisotopic (exact) mass is 399 g/mol. The van der Waals surface area contributed by atoms with Crippen LogP contribution in [0.15, 0.2) is 36.4 Å². The number of Topliss-reactive ketones (excluding diaryl/α,β-unsaturated/α-hetero) is 1. The van der Waals surface area contributed by atoms with Crippen molar-refractivity contribution in [3.8, 4) is 23.0 Å². The van der Waals surface area contributed by atoms with Crippen LogP contribution in [0.4, 0.5) is 0 Å². The zero-order valence-corrected chi connectivity index (χ0v) is 16.7. The van der Waals surface area contributed by atoms with Gasteiger partial charge in [0.15, 0.2) is 28.8 Å². The number of fused-ring (bicyclic) bond motifs is 1. The Kier molecular flexibility index (Phi) is 6.94. The highest BCUT2D eigenvalue weighted by atomic mass is 16.6. The molecule has 1 heterocycles. The topological polar surface area (TPSA) is 83.1 Å². The van der Waals surface area contributed by atoms with Gasteiger partial charge in [0.2, 0.25) is 5.91 Å². The van der Waals surface area contributed by atoms with E-state index in [1.54, 1.807) is 25.3 Å². The summed E-state index contributed by atoms with van der Waals surface area (Å²) < 4.78 is 21.7. The molecule has 0 spiro atoms. The molecule has 0 saturated heterocycles. The van der Waals surface area contributed by atoms with Crippen LogP contribution in [0.1, 0.15) is 35.7 Å². The Morgan fingerprint density at radius 2 is 1.79 bits per heavy atom. The number of carbonyl (C=O) groups is 2. The van der Waals surface area contributed by atoms with E-state index in [9.17, 15) is 9.59 Å². The third kappa shape index (κ3) is 5.40. The largest absolute Gasteiger partial charge is 0.493 e. The summed E-state index contributed by atoms with van der Waals surface area (Å²) in [6.07, 6.45) is 0.236. The summed E-state index contributed by atoms with van der Waals surface area (Å²) in [5, 5.41) is 2.83. The van der Waals surface area contributed by atoms with Crippen molar-refractivity contribution in [2.75, 3.05) is 26.9 Å². The molecule has 0 aliphatic carbocycles. The fraction of sp³-hybridized carbons (Fsp3) is 0.364. The smallest absolute Gasteiger partial charge is 0.220 e. The predicted octanol–water partition coefficient (Wildman–Crippen LogP) is 3.14. The van der Waals surface area contributed by atoms with Gasteiger partial charge >= 0.3 is 0 Å². The van der Waals surface area contributed by atoms with Crippen LogP contribution < -0.4 is 24.3 Å². The molecule has 1 aliphatic heterocycles. The fourth-order valence-electron chi connectivity index (χ4n) is 2.97. The molecule has 7 heteroatoms. The number of ketones is 1. The summed E-state index contributed by atoms with van der Waals surface area (Å²) in [6, 6.07) is 10.6. The summed E-state index contributed by atoms with van der Waals surface area (Å²) in [5.74, 6) is 2.18. The van der Waals surface area contributed by atoms with E-state index in [0.717, 1.165) is 5.56 Å². The minimum atomic E-state index is -0.191. The number of hydrogen-bond acceptors (Lipinski definition) is 6. The van der Waals surface area contributed by atoms with Gasteiger partial charge in [-0.25, -0.2) is 0 Å². The van der Waals surface area contributed by atoms with Gasteiger partial charge < -0.3 is 24.3 Å². The van der Waals surface area contributed by atoms with Crippen molar-refractivity contribution >= 4 is 11.7 Å². The average Bonchev–Trinajstić information content (AvgIpc) is 2.76. The second kappa shape index (κ2) is 9.82. The van der Waals surface area contributed by atoms with Gasteiger partial charge in [-0.05, 0) is 42.8 Å². The van der Waals surface area contributed by atoms with Crippen LogP contribution in [0.5, 0.6) is 23.0 Å². The number of rotatable bonds is 9. The quantitative estimate of drug-likeness (QED) is 0.653. The molecule has 1 aliphatic rings. The molecule has 3 rings (SSSR count). The van der Waals surface area contributed by atoms with E-state index in [2.05, 4.69) is 5.32 Å². The van der Waals surface area contributed by atoms with E-state index in [-0.39, 0.29) is 24.5 Å². The van der Waals surface area contributed by atoms with Crippen LogP contribution in [0, 0.1) is 0 Å². The first-order chi connectivity index (χ1) is 14.1. The zero-order valence-electron chi connectivity index (χ0n) is 16.7. The Labute approximate surface area is 169 Å². The molecule has 2 aromatic carbocycles. The predicted molar refractivity (Wildman–Crippen MR) is 107 cm³/mol. The number of amides is 1. The summed E-state index contributed by atoms with van der Waals surface area (Å²) >= 11 is 0. The number of hydrogen-bond donors (Lipinski definition) is 1. The van der Waals surface area contributed by atoms with Crippen LogP contribution in [0.3, 0.4) is 0 Å². The number of nitrogens with one attached hydrogen (secondary N) is 1. The second-order valence-electron chi connectivity index (χ2n) is 6.48. The van der Waals surface area contributed by atoms with Crippen LogP contribution in [-0.2, 0) is 11.3 Å². The van der Waals surface area contributed by atoms with Crippen molar-refractivity contribution in [2.45, 2.75) is 26.3 Å². The molecule has 1 amide bonds. The first-order valence-corrected chi connectivity index (χ1v) is 9.60. The summed E-state index contributed by atoms with van der Waals surface area (Å²) in [6.45, 7) is 3.76. The Hall–Kier alpha value is -3.22. The normalized spacial score (nSPS) is 12.2. The summed E-state index contributed by atoms with van der Waals surface area (Å²) in [4.78, 5) is 24.5. The van der Waals surface area contributed by atoms with Gasteiger partial charge in [-0.3, -0.25) is 9.59 Å². The number of ether oxygens (including phenoxy) is 4. The molecule has 0 atom stereocenters. The lowest BCUT2D eigenvalue weighted by molar-refractivity contribution is -0.121. The van der Waals surface area contributed by atoms with E-state index in [1.807, 2.05) is 25.1 Å². The highest BCUT2D eigenvalue weighted by molar-refractivity contribution is 5.98. The van der Waals surface area contributed by atoms with Crippen molar-refractivity contribution in [1.29, 1.82) is 0 Å². The van der Waals surface area contributed by atoms with Gasteiger partial charge in [0.25, 0.3) is 0 Å². The Balaban J connectivity index is 1.49. The molecule has 1 N–H and O–H groups in total. The fourth-order valence-corrected chi connectivity index (χ4v) is 2.97. The molecule has 0 bridgehead atoms. The SMILES string of the molecule is CCOc1ccc(CNC(=O)CCC(=O)c2ccc3c(c2)OCCO3)cc1OC. The first-order valence-electron chi connectivity index (χ1n) is 9.60. The van der Waals surface area contributed by atoms with Crippen molar-refractivity contribution < 1.29 is 28.5 Å². The molecule has 0 radical (unpaired) electrons. The third-order valence-electron chi connectivity index (χ3n) is 4.46. The van der Waals surface area contributed by atoms with Gasteiger partial charge in [-0.15, -0.1) is 0 Å². The van der Waals surface area contributed by atoms with Gasteiger partial charge in [-0.1, -0.05) is 6.07 Å². The lowest BCUT2D eigenvalue weighted by atomic mass is 10.1. The highest BCUT2D eigenvalue weighted by Crippen LogP contribution is 2.31. The molecule has 154 valence electrons. The first kappa shape index (κ1) is 20.5. The molecule has 2 aromatic rings. The molecule has 7 nitrogen and oxygen atoms in total. The van der Waals surface area contributed by atoms with E-state index < -0.39 is 0 Å². The van der Waals surface area contributed by atoms with Gasteiger partial charge in [-0.2, -0.15) is 0 Å². The maximum Gasteiger partial charge on any atom is 0.220 e. The van der Waals surface area contributed by atoms with E-state index in [0.29, 0.717) is 54.9 Å². The second-order valence-corrected chi connectivity index (χ2v) is 6.48. The van der Waals surface area contributed by atoms with Crippen molar-refractivity contribution in [1.82, 2.24) is 5.32 Å². The van der Waals surface area contributed by atoms with Gasteiger partial charge in [0.1, 0.15) is 13.2 Å².